The minimum absolute atomic E-state index is 0.163. The minimum atomic E-state index is -4.46. The summed E-state index contributed by atoms with van der Waals surface area (Å²) in [5.74, 6) is -0.425. The normalized spacial score (nSPS) is 13.9. The fourth-order valence-electron chi connectivity index (χ4n) is 2.76. The van der Waals surface area contributed by atoms with Gasteiger partial charge >= 0.3 is 6.18 Å². The van der Waals surface area contributed by atoms with Crippen LogP contribution in [0.2, 0.25) is 0 Å². The van der Waals surface area contributed by atoms with Crippen LogP contribution in [0.3, 0.4) is 0 Å². The topological polar surface area (TPSA) is 32.3 Å². The van der Waals surface area contributed by atoms with Gasteiger partial charge in [-0.15, -0.1) is 0 Å². The average molecular weight is 399 g/mol. The Morgan fingerprint density at radius 3 is 2.50 bits per heavy atom. The summed E-state index contributed by atoms with van der Waals surface area (Å²) in [6.45, 7) is 2.56. The lowest BCUT2D eigenvalue weighted by Gasteiger charge is -2.26. The SMILES string of the molecule is CCCN1c2ccc(C(F)(F)F)cc2NC(=O)c2cc(Br)ccc21. The van der Waals surface area contributed by atoms with Crippen LogP contribution in [0.1, 0.15) is 29.3 Å². The number of anilines is 3. The number of fused-ring (bicyclic) bond motifs is 2. The molecular weight excluding hydrogens is 385 g/mol. The fraction of sp³-hybridized carbons (Fsp3) is 0.235. The van der Waals surface area contributed by atoms with Crippen molar-refractivity contribution in [2.24, 2.45) is 0 Å². The van der Waals surface area contributed by atoms with Crippen molar-refractivity contribution in [3.63, 3.8) is 0 Å². The summed E-state index contributed by atoms with van der Waals surface area (Å²) in [4.78, 5) is 14.4. The van der Waals surface area contributed by atoms with Crippen LogP contribution in [0.5, 0.6) is 0 Å². The van der Waals surface area contributed by atoms with E-state index in [-0.39, 0.29) is 5.69 Å². The highest BCUT2D eigenvalue weighted by Crippen LogP contribution is 2.41. The molecule has 3 rings (SSSR count). The number of hydrogen-bond acceptors (Lipinski definition) is 2. The Balaban J connectivity index is 2.20. The van der Waals surface area contributed by atoms with Crippen LogP contribution in [-0.4, -0.2) is 12.5 Å². The summed E-state index contributed by atoms with van der Waals surface area (Å²) in [5, 5.41) is 2.61. The predicted octanol–water partition coefficient (Wildman–Crippen LogP) is 5.58. The van der Waals surface area contributed by atoms with E-state index in [1.54, 1.807) is 12.1 Å². The van der Waals surface area contributed by atoms with Gasteiger partial charge in [0.05, 0.1) is 28.2 Å². The van der Waals surface area contributed by atoms with Gasteiger partial charge in [-0.25, -0.2) is 0 Å². The molecule has 0 unspecified atom stereocenters. The Morgan fingerprint density at radius 2 is 1.83 bits per heavy atom. The second kappa shape index (κ2) is 6.12. The number of rotatable bonds is 2. The smallest absolute Gasteiger partial charge is 0.339 e. The standard InChI is InChI=1S/C17H14BrF3N2O/c1-2-7-23-14-6-4-11(18)9-12(14)16(24)22-13-8-10(17(19,20)21)3-5-15(13)23/h3-6,8-9H,2,7H2,1H3,(H,22,24). The van der Waals surface area contributed by atoms with Crippen LogP contribution in [0.15, 0.2) is 40.9 Å². The Bertz CT molecular complexity index is 805. The van der Waals surface area contributed by atoms with E-state index in [1.165, 1.54) is 6.07 Å². The van der Waals surface area contributed by atoms with Crippen molar-refractivity contribution in [3.05, 3.63) is 52.0 Å². The van der Waals surface area contributed by atoms with Crippen LogP contribution in [0, 0.1) is 0 Å². The number of hydrogen-bond donors (Lipinski definition) is 1. The number of benzene rings is 2. The molecule has 1 N–H and O–H groups in total. The molecule has 0 saturated carbocycles. The summed E-state index contributed by atoms with van der Waals surface area (Å²) in [5.41, 5.74) is 1.03. The third-order valence-electron chi connectivity index (χ3n) is 3.80. The lowest BCUT2D eigenvalue weighted by Crippen LogP contribution is -2.19. The number of nitrogens with one attached hydrogen (secondary N) is 1. The van der Waals surface area contributed by atoms with Crippen molar-refractivity contribution in [3.8, 4) is 0 Å². The molecule has 0 aromatic heterocycles. The van der Waals surface area contributed by atoms with Crippen molar-refractivity contribution in [1.29, 1.82) is 0 Å². The summed E-state index contributed by atoms with van der Waals surface area (Å²) < 4.78 is 39.7. The second-order valence-electron chi connectivity index (χ2n) is 5.50. The maximum atomic E-state index is 13.0. The van der Waals surface area contributed by atoms with Crippen molar-refractivity contribution < 1.29 is 18.0 Å². The molecule has 0 bridgehead atoms. The van der Waals surface area contributed by atoms with Gasteiger partial charge in [-0.2, -0.15) is 13.2 Å². The minimum Gasteiger partial charge on any atom is -0.339 e. The van der Waals surface area contributed by atoms with E-state index in [0.29, 0.717) is 23.5 Å². The first-order valence-electron chi connectivity index (χ1n) is 7.41. The first-order valence-corrected chi connectivity index (χ1v) is 8.20. The molecule has 0 radical (unpaired) electrons. The zero-order chi connectivity index (χ0) is 17.5. The maximum absolute atomic E-state index is 13.0. The molecule has 1 aliphatic heterocycles. The molecule has 7 heteroatoms. The van der Waals surface area contributed by atoms with Crippen LogP contribution in [-0.2, 0) is 6.18 Å². The predicted molar refractivity (Wildman–Crippen MR) is 90.8 cm³/mol. The molecule has 0 atom stereocenters. The highest BCUT2D eigenvalue weighted by Gasteiger charge is 2.33. The van der Waals surface area contributed by atoms with Gasteiger partial charge in [-0.05, 0) is 42.8 Å². The molecule has 1 amide bonds. The number of carbonyl (C=O) groups excluding carboxylic acids is 1. The second-order valence-corrected chi connectivity index (χ2v) is 6.41. The Morgan fingerprint density at radius 1 is 1.12 bits per heavy atom. The van der Waals surface area contributed by atoms with Crippen LogP contribution in [0.25, 0.3) is 0 Å². The largest absolute Gasteiger partial charge is 0.416 e. The molecule has 3 nitrogen and oxygen atoms in total. The van der Waals surface area contributed by atoms with E-state index in [4.69, 9.17) is 0 Å². The van der Waals surface area contributed by atoms with E-state index in [9.17, 15) is 18.0 Å². The number of nitrogens with zero attached hydrogens (tertiary/aromatic N) is 1. The number of carbonyl (C=O) groups is 1. The molecule has 2 aromatic carbocycles. The van der Waals surface area contributed by atoms with E-state index < -0.39 is 17.6 Å². The van der Waals surface area contributed by atoms with Crippen molar-refractivity contribution in [2.75, 3.05) is 16.8 Å². The van der Waals surface area contributed by atoms with Crippen molar-refractivity contribution >= 4 is 38.9 Å². The molecule has 1 heterocycles. The zero-order valence-corrected chi connectivity index (χ0v) is 14.3. The molecule has 0 fully saturated rings. The van der Waals surface area contributed by atoms with Gasteiger partial charge in [0, 0.05) is 11.0 Å². The van der Waals surface area contributed by atoms with Gasteiger partial charge in [0.15, 0.2) is 0 Å². The van der Waals surface area contributed by atoms with E-state index in [1.807, 2.05) is 17.9 Å². The highest BCUT2D eigenvalue weighted by molar-refractivity contribution is 9.10. The van der Waals surface area contributed by atoms with Crippen molar-refractivity contribution in [2.45, 2.75) is 19.5 Å². The van der Waals surface area contributed by atoms with E-state index >= 15 is 0 Å². The highest BCUT2D eigenvalue weighted by atomic mass is 79.9. The Labute approximate surface area is 145 Å². The molecule has 24 heavy (non-hydrogen) atoms. The lowest BCUT2D eigenvalue weighted by molar-refractivity contribution is -0.137. The van der Waals surface area contributed by atoms with E-state index in [0.717, 1.165) is 23.0 Å². The number of alkyl halides is 3. The van der Waals surface area contributed by atoms with Gasteiger partial charge < -0.3 is 10.2 Å². The van der Waals surface area contributed by atoms with E-state index in [2.05, 4.69) is 21.2 Å². The van der Waals surface area contributed by atoms with Crippen LogP contribution in [0.4, 0.5) is 30.2 Å². The zero-order valence-electron chi connectivity index (χ0n) is 12.7. The van der Waals surface area contributed by atoms with Crippen molar-refractivity contribution in [1.82, 2.24) is 0 Å². The summed E-state index contributed by atoms with van der Waals surface area (Å²) in [6.07, 6.45) is -3.68. The first kappa shape index (κ1) is 16.8. The summed E-state index contributed by atoms with van der Waals surface area (Å²) in [7, 11) is 0. The monoisotopic (exact) mass is 398 g/mol. The molecule has 1 aliphatic rings. The molecule has 2 aromatic rings. The lowest BCUT2D eigenvalue weighted by atomic mass is 10.1. The Hall–Kier alpha value is -2.02. The van der Waals surface area contributed by atoms with Crippen LogP contribution < -0.4 is 10.2 Å². The van der Waals surface area contributed by atoms with Gasteiger partial charge in [0.1, 0.15) is 0 Å². The molecule has 126 valence electrons. The van der Waals surface area contributed by atoms with Gasteiger partial charge in [0.25, 0.3) is 5.91 Å². The van der Waals surface area contributed by atoms with Crippen LogP contribution >= 0.6 is 15.9 Å². The molecule has 0 spiro atoms. The third kappa shape index (κ3) is 3.00. The quantitative estimate of drug-likeness (QED) is 0.715. The molecular formula is C17H14BrF3N2O. The average Bonchev–Trinajstić information content (AvgIpc) is 2.62. The third-order valence-corrected chi connectivity index (χ3v) is 4.30. The maximum Gasteiger partial charge on any atom is 0.416 e. The van der Waals surface area contributed by atoms with Gasteiger partial charge in [-0.1, -0.05) is 22.9 Å². The summed E-state index contributed by atoms with van der Waals surface area (Å²) in [6, 6.07) is 8.70. The first-order chi connectivity index (χ1) is 11.3. The number of halogens is 4. The molecule has 0 saturated heterocycles. The number of amides is 1. The fourth-order valence-corrected chi connectivity index (χ4v) is 3.12. The van der Waals surface area contributed by atoms with Gasteiger partial charge in [-0.3, -0.25) is 4.79 Å². The van der Waals surface area contributed by atoms with Gasteiger partial charge in [0.2, 0.25) is 0 Å². The Kier molecular flexibility index (Phi) is 4.29. The molecule has 0 aliphatic carbocycles. The summed E-state index contributed by atoms with van der Waals surface area (Å²) >= 11 is 3.33.